The zero-order chi connectivity index (χ0) is 21.7. The zero-order valence-electron chi connectivity index (χ0n) is 18.1. The predicted octanol–water partition coefficient (Wildman–Crippen LogP) is 4.16. The molecule has 7 heteroatoms. The van der Waals surface area contributed by atoms with Gasteiger partial charge in [-0.05, 0) is 66.7 Å². The third-order valence-electron chi connectivity index (χ3n) is 5.40. The van der Waals surface area contributed by atoms with Crippen LogP contribution in [0.3, 0.4) is 0 Å². The second-order valence-corrected chi connectivity index (χ2v) is 8.82. The highest BCUT2D eigenvalue weighted by Crippen LogP contribution is 2.26. The molecular formula is C24H28BNO5. The average Bonchev–Trinajstić information content (AvgIpc) is 2.79. The summed E-state index contributed by atoms with van der Waals surface area (Å²) in [5, 5.41) is 8.97. The normalized spacial score (nSPS) is 20.8. The fourth-order valence-corrected chi connectivity index (χ4v) is 3.63. The summed E-state index contributed by atoms with van der Waals surface area (Å²) in [5.41, 5.74) is 2.49. The van der Waals surface area contributed by atoms with Crippen molar-refractivity contribution >= 4 is 12.6 Å². The minimum atomic E-state index is -0.428. The van der Waals surface area contributed by atoms with Crippen molar-refractivity contribution in [1.82, 2.24) is 0 Å². The van der Waals surface area contributed by atoms with Crippen LogP contribution < -0.4 is 10.2 Å². The van der Waals surface area contributed by atoms with Crippen molar-refractivity contribution in [1.29, 1.82) is 5.26 Å². The molecule has 2 heterocycles. The summed E-state index contributed by atoms with van der Waals surface area (Å²) in [6, 6.07) is 15.0. The second kappa shape index (κ2) is 9.84. The lowest BCUT2D eigenvalue weighted by Crippen LogP contribution is -2.48. The van der Waals surface area contributed by atoms with Crippen LogP contribution in [0.15, 0.2) is 42.5 Å². The Kier molecular flexibility index (Phi) is 6.94. The molecule has 1 atom stereocenters. The smallest absolute Gasteiger partial charge is 0.457 e. The van der Waals surface area contributed by atoms with E-state index in [-0.39, 0.29) is 11.7 Å². The Morgan fingerprint density at radius 3 is 2.48 bits per heavy atom. The second-order valence-electron chi connectivity index (χ2n) is 8.82. The van der Waals surface area contributed by atoms with E-state index >= 15 is 0 Å². The van der Waals surface area contributed by atoms with Gasteiger partial charge >= 0.3 is 7.12 Å². The Hall–Kier alpha value is -2.37. The van der Waals surface area contributed by atoms with E-state index < -0.39 is 7.12 Å². The predicted molar refractivity (Wildman–Crippen MR) is 117 cm³/mol. The number of nitriles is 1. The maximum atomic E-state index is 8.97. The van der Waals surface area contributed by atoms with Crippen molar-refractivity contribution in [3.8, 4) is 17.6 Å². The molecule has 2 saturated heterocycles. The van der Waals surface area contributed by atoms with Crippen LogP contribution in [0.25, 0.3) is 0 Å². The number of ether oxygens (including phenoxy) is 3. The van der Waals surface area contributed by atoms with Gasteiger partial charge < -0.3 is 23.5 Å². The lowest BCUT2D eigenvalue weighted by molar-refractivity contribution is -0.168. The fourth-order valence-electron chi connectivity index (χ4n) is 3.63. The Morgan fingerprint density at radius 2 is 1.81 bits per heavy atom. The molecule has 4 rings (SSSR count). The molecular weight excluding hydrogens is 393 g/mol. The van der Waals surface area contributed by atoms with Crippen LogP contribution in [0.4, 0.5) is 0 Å². The first kappa shape index (κ1) is 21.9. The summed E-state index contributed by atoms with van der Waals surface area (Å²) in [6.45, 7) is 6.64. The van der Waals surface area contributed by atoms with Gasteiger partial charge in [-0.15, -0.1) is 0 Å². The molecule has 2 aliphatic rings. The van der Waals surface area contributed by atoms with E-state index in [1.807, 2.05) is 18.2 Å². The van der Waals surface area contributed by atoms with Crippen LogP contribution in [0.5, 0.6) is 11.5 Å². The number of nitrogens with zero attached hydrogens (tertiary/aromatic N) is 1. The van der Waals surface area contributed by atoms with Gasteiger partial charge in [-0.2, -0.15) is 5.26 Å². The van der Waals surface area contributed by atoms with Gasteiger partial charge in [0.15, 0.2) is 6.29 Å². The number of benzene rings is 2. The van der Waals surface area contributed by atoms with Crippen molar-refractivity contribution in [3.05, 3.63) is 53.6 Å². The summed E-state index contributed by atoms with van der Waals surface area (Å²) in [6.07, 6.45) is 2.92. The summed E-state index contributed by atoms with van der Waals surface area (Å²) in [4.78, 5) is 0. The van der Waals surface area contributed by atoms with Gasteiger partial charge in [-0.1, -0.05) is 19.9 Å². The van der Waals surface area contributed by atoms with Gasteiger partial charge in [-0.3, -0.25) is 0 Å². The number of hydrogen-bond donors (Lipinski definition) is 0. The topological polar surface area (TPSA) is 69.9 Å². The van der Waals surface area contributed by atoms with Crippen LogP contribution in [0.2, 0.25) is 0 Å². The highest BCUT2D eigenvalue weighted by atomic mass is 16.7. The molecule has 2 aliphatic heterocycles. The van der Waals surface area contributed by atoms with Crippen molar-refractivity contribution in [3.63, 3.8) is 0 Å². The van der Waals surface area contributed by atoms with Crippen molar-refractivity contribution < 1.29 is 23.5 Å². The molecule has 0 spiro atoms. The average molecular weight is 421 g/mol. The summed E-state index contributed by atoms with van der Waals surface area (Å²) >= 11 is 0. The molecule has 162 valence electrons. The van der Waals surface area contributed by atoms with Gasteiger partial charge in [0, 0.05) is 25.2 Å². The van der Waals surface area contributed by atoms with E-state index in [9.17, 15) is 0 Å². The van der Waals surface area contributed by atoms with E-state index in [0.29, 0.717) is 36.9 Å². The van der Waals surface area contributed by atoms with E-state index in [0.717, 1.165) is 36.9 Å². The maximum Gasteiger partial charge on any atom is 0.494 e. The molecule has 0 aromatic heterocycles. The molecule has 0 radical (unpaired) electrons. The number of hydrogen-bond acceptors (Lipinski definition) is 6. The minimum Gasteiger partial charge on any atom is -0.457 e. The first-order chi connectivity index (χ1) is 15.0. The molecule has 0 bridgehead atoms. The summed E-state index contributed by atoms with van der Waals surface area (Å²) < 4.78 is 29.8. The highest BCUT2D eigenvalue weighted by Gasteiger charge is 2.35. The molecule has 0 aliphatic carbocycles. The van der Waals surface area contributed by atoms with Gasteiger partial charge in [-0.25, -0.2) is 0 Å². The third kappa shape index (κ3) is 5.87. The quantitative estimate of drug-likeness (QED) is 0.653. The highest BCUT2D eigenvalue weighted by molar-refractivity contribution is 6.62. The monoisotopic (exact) mass is 421 g/mol. The Morgan fingerprint density at radius 1 is 1.06 bits per heavy atom. The van der Waals surface area contributed by atoms with E-state index in [2.05, 4.69) is 19.9 Å². The van der Waals surface area contributed by atoms with Crippen LogP contribution >= 0.6 is 0 Å². The molecule has 2 fully saturated rings. The van der Waals surface area contributed by atoms with Crippen LogP contribution in [-0.2, 0) is 25.4 Å². The largest absolute Gasteiger partial charge is 0.494 e. The molecule has 2 aromatic carbocycles. The van der Waals surface area contributed by atoms with Gasteiger partial charge in [0.05, 0.1) is 18.2 Å². The van der Waals surface area contributed by atoms with E-state index in [1.54, 1.807) is 24.3 Å². The molecule has 2 aromatic rings. The molecule has 0 amide bonds. The molecule has 0 saturated carbocycles. The minimum absolute atomic E-state index is 0.00173. The standard InChI is InChI=1S/C24H28BNO5/c1-24(2)16-29-25(30-17-24)22-11-10-21(31-20-8-6-18(14-26)7-9-20)13-19(22)15-28-23-5-3-4-12-27-23/h6-11,13,23H,3-5,12,15-17H2,1-2H3. The molecule has 6 nitrogen and oxygen atoms in total. The lowest BCUT2D eigenvalue weighted by atomic mass is 9.73. The maximum absolute atomic E-state index is 8.97. The van der Waals surface area contributed by atoms with Crippen molar-refractivity contribution in [2.24, 2.45) is 5.41 Å². The van der Waals surface area contributed by atoms with Gasteiger partial charge in [0.25, 0.3) is 0 Å². The SMILES string of the molecule is CC1(C)COB(c2ccc(Oc3ccc(C#N)cc3)cc2COC2CCCCO2)OC1. The first-order valence-electron chi connectivity index (χ1n) is 10.8. The molecule has 31 heavy (non-hydrogen) atoms. The molecule has 0 N–H and O–H groups in total. The summed E-state index contributed by atoms with van der Waals surface area (Å²) in [7, 11) is -0.428. The zero-order valence-corrected chi connectivity index (χ0v) is 18.1. The van der Waals surface area contributed by atoms with Crippen molar-refractivity contribution in [2.75, 3.05) is 19.8 Å². The van der Waals surface area contributed by atoms with E-state index in [1.165, 1.54) is 0 Å². The molecule has 1 unspecified atom stereocenters. The van der Waals surface area contributed by atoms with Crippen LogP contribution in [-0.4, -0.2) is 33.2 Å². The van der Waals surface area contributed by atoms with E-state index in [4.69, 9.17) is 28.8 Å². The summed E-state index contributed by atoms with van der Waals surface area (Å²) in [5.74, 6) is 1.36. The van der Waals surface area contributed by atoms with Crippen LogP contribution in [0.1, 0.15) is 44.2 Å². The Bertz CT molecular complexity index is 909. The van der Waals surface area contributed by atoms with Crippen molar-refractivity contribution in [2.45, 2.75) is 46.0 Å². The van der Waals surface area contributed by atoms with Crippen LogP contribution in [0, 0.1) is 16.7 Å². The Labute approximate surface area is 184 Å². The number of rotatable bonds is 6. The van der Waals surface area contributed by atoms with Gasteiger partial charge in [0.1, 0.15) is 11.5 Å². The Balaban J connectivity index is 1.52. The lowest BCUT2D eigenvalue weighted by Gasteiger charge is -2.33. The van der Waals surface area contributed by atoms with Gasteiger partial charge in [0.2, 0.25) is 0 Å². The third-order valence-corrected chi connectivity index (χ3v) is 5.40. The fraction of sp³-hybridized carbons (Fsp3) is 0.458. The first-order valence-corrected chi connectivity index (χ1v) is 10.8.